The zero-order valence-electron chi connectivity index (χ0n) is 11.3. The van der Waals surface area contributed by atoms with Gasteiger partial charge in [0, 0.05) is 0 Å². The summed E-state index contributed by atoms with van der Waals surface area (Å²) < 4.78 is 152. The summed E-state index contributed by atoms with van der Waals surface area (Å²) in [5.41, 5.74) is -0.602. The summed E-state index contributed by atoms with van der Waals surface area (Å²) in [6, 6.07) is 6.36. The third-order valence-electron chi connectivity index (χ3n) is 1.10. The molecule has 25 heavy (non-hydrogen) atoms. The van der Waals surface area contributed by atoms with E-state index < -0.39 is 33.5 Å². The Balaban J connectivity index is -0.000000279. The Hall–Kier alpha value is -1.64. The molecule has 1 aromatic rings. The standard InChI is InChI=1S/C7H5F3.3BF4/c8-7(9,10)6-4-2-1-3-5-6;3*2-1(3,4)5/h1-5H;;;/q;3*-1. The molecule has 150 valence electrons. The van der Waals surface area contributed by atoms with Gasteiger partial charge in [-0.15, -0.1) is 0 Å². The zero-order valence-corrected chi connectivity index (χ0v) is 11.3. The molecule has 0 N–H and O–H groups in total. The van der Waals surface area contributed by atoms with E-state index in [1.165, 1.54) is 12.1 Å². The molecule has 0 spiro atoms. The van der Waals surface area contributed by atoms with Crippen LogP contribution in [0.3, 0.4) is 0 Å². The quantitative estimate of drug-likeness (QED) is 0.336. The lowest BCUT2D eigenvalue weighted by Gasteiger charge is -2.03. The average Bonchev–Trinajstić information content (AvgIpc) is 2.22. The number of hydrogen-bond acceptors (Lipinski definition) is 0. The van der Waals surface area contributed by atoms with Gasteiger partial charge in [-0.2, -0.15) is 13.2 Å². The van der Waals surface area contributed by atoms with Crippen molar-refractivity contribution in [2.24, 2.45) is 0 Å². The smallest absolute Gasteiger partial charge is 0.418 e. The lowest BCUT2D eigenvalue weighted by Crippen LogP contribution is -2.03. The van der Waals surface area contributed by atoms with Crippen molar-refractivity contribution in [1.29, 1.82) is 0 Å². The van der Waals surface area contributed by atoms with Gasteiger partial charge in [-0.1, -0.05) is 30.3 Å². The van der Waals surface area contributed by atoms with Crippen molar-refractivity contribution < 1.29 is 65.0 Å². The van der Waals surface area contributed by atoms with Crippen LogP contribution in [0.25, 0.3) is 0 Å². The fourth-order valence-corrected chi connectivity index (χ4v) is 0.627. The first kappa shape index (κ1) is 28.2. The van der Waals surface area contributed by atoms with Crippen LogP contribution in [-0.2, 0) is 6.18 Å². The van der Waals surface area contributed by atoms with Gasteiger partial charge in [0.25, 0.3) is 0 Å². The maximum absolute atomic E-state index is 11.8. The molecule has 0 nitrogen and oxygen atoms in total. The highest BCUT2D eigenvalue weighted by molar-refractivity contribution is 6.50. The van der Waals surface area contributed by atoms with Gasteiger partial charge in [-0.25, -0.2) is 0 Å². The molecule has 0 aliphatic heterocycles. The second-order valence-electron chi connectivity index (χ2n) is 3.35. The SMILES string of the molecule is FC(F)(F)c1ccccc1.F[B-](F)(F)F.F[B-](F)(F)F.F[B-](F)(F)F. The Morgan fingerprint density at radius 3 is 0.800 bits per heavy atom. The summed E-state index contributed by atoms with van der Waals surface area (Å²) >= 11 is 0. The van der Waals surface area contributed by atoms with E-state index >= 15 is 0 Å². The van der Waals surface area contributed by atoms with Crippen LogP contribution in [0.5, 0.6) is 0 Å². The summed E-state index contributed by atoms with van der Waals surface area (Å²) in [6.07, 6.45) is -4.21. The summed E-state index contributed by atoms with van der Waals surface area (Å²) in [5.74, 6) is 0. The molecule has 0 unspecified atom stereocenters. The largest absolute Gasteiger partial charge is 0.673 e. The Bertz CT molecular complexity index is 383. The van der Waals surface area contributed by atoms with Crippen LogP contribution in [0.4, 0.5) is 65.0 Å². The molecule has 1 aromatic carbocycles. The first-order chi connectivity index (χ1) is 10.6. The Morgan fingerprint density at radius 2 is 0.680 bits per heavy atom. The lowest BCUT2D eigenvalue weighted by molar-refractivity contribution is -0.137. The van der Waals surface area contributed by atoms with Crippen LogP contribution in [0.15, 0.2) is 30.3 Å². The fourth-order valence-electron chi connectivity index (χ4n) is 0.627. The predicted molar refractivity (Wildman–Crippen MR) is 62.0 cm³/mol. The second kappa shape index (κ2) is 11.1. The number of alkyl halides is 3. The maximum Gasteiger partial charge on any atom is 0.673 e. The van der Waals surface area contributed by atoms with E-state index in [4.69, 9.17) is 0 Å². The molecular weight excluding hydrogens is 401 g/mol. The van der Waals surface area contributed by atoms with Crippen molar-refractivity contribution in [3.8, 4) is 0 Å². The van der Waals surface area contributed by atoms with Crippen LogP contribution in [0.1, 0.15) is 5.56 Å². The van der Waals surface area contributed by atoms with E-state index in [2.05, 4.69) is 0 Å². The number of halogens is 15. The summed E-state index contributed by atoms with van der Waals surface area (Å²) in [5, 5.41) is 0. The van der Waals surface area contributed by atoms with Crippen LogP contribution in [-0.4, -0.2) is 21.8 Å². The lowest BCUT2D eigenvalue weighted by atomic mass is 10.2. The molecule has 1 rings (SSSR count). The fraction of sp³-hybridized carbons (Fsp3) is 0.143. The number of rotatable bonds is 0. The molecule has 0 saturated carbocycles. The van der Waals surface area contributed by atoms with Gasteiger partial charge in [0.1, 0.15) is 0 Å². The third kappa shape index (κ3) is 60.7. The normalized spacial score (nSPS) is 11.8. The topological polar surface area (TPSA) is 0 Å². The van der Waals surface area contributed by atoms with Crippen molar-refractivity contribution in [3.05, 3.63) is 35.9 Å². The molecule has 0 aliphatic carbocycles. The zero-order chi connectivity index (χ0) is 21.1. The van der Waals surface area contributed by atoms with Gasteiger partial charge in [0.2, 0.25) is 0 Å². The van der Waals surface area contributed by atoms with E-state index in [1.54, 1.807) is 6.07 Å². The summed E-state index contributed by atoms with van der Waals surface area (Å²) in [7, 11) is -18.0. The number of benzene rings is 1. The molecule has 0 heterocycles. The maximum atomic E-state index is 11.8. The molecule has 0 radical (unpaired) electrons. The second-order valence-corrected chi connectivity index (χ2v) is 3.35. The highest BCUT2D eigenvalue weighted by Crippen LogP contribution is 2.28. The Labute approximate surface area is 130 Å². The Morgan fingerprint density at radius 1 is 0.480 bits per heavy atom. The summed E-state index contributed by atoms with van der Waals surface area (Å²) in [6.45, 7) is 0. The van der Waals surface area contributed by atoms with E-state index in [0.29, 0.717) is 0 Å². The first-order valence-corrected chi connectivity index (χ1v) is 5.35. The van der Waals surface area contributed by atoms with Gasteiger partial charge >= 0.3 is 27.9 Å². The van der Waals surface area contributed by atoms with Crippen LogP contribution < -0.4 is 0 Å². The van der Waals surface area contributed by atoms with E-state index in [-0.39, 0.29) is 0 Å². The number of hydrogen-bond donors (Lipinski definition) is 0. The molecule has 0 aliphatic rings. The van der Waals surface area contributed by atoms with Crippen molar-refractivity contribution in [3.63, 3.8) is 0 Å². The average molecular weight is 407 g/mol. The molecule has 0 bridgehead atoms. The molecule has 0 atom stereocenters. The van der Waals surface area contributed by atoms with Gasteiger partial charge in [0.15, 0.2) is 0 Å². The van der Waals surface area contributed by atoms with E-state index in [1.807, 2.05) is 0 Å². The molecular formula is C7H5B3F15-3. The molecule has 0 amide bonds. The van der Waals surface area contributed by atoms with Gasteiger partial charge in [-0.05, 0) is 0 Å². The van der Waals surface area contributed by atoms with Crippen LogP contribution in [0.2, 0.25) is 0 Å². The molecule has 0 fully saturated rings. The van der Waals surface area contributed by atoms with Crippen LogP contribution in [0, 0.1) is 0 Å². The summed E-state index contributed by atoms with van der Waals surface area (Å²) in [4.78, 5) is 0. The Kier molecular flexibility index (Phi) is 12.5. The minimum Gasteiger partial charge on any atom is -0.418 e. The van der Waals surface area contributed by atoms with Crippen molar-refractivity contribution in [2.45, 2.75) is 6.18 Å². The van der Waals surface area contributed by atoms with Crippen molar-refractivity contribution in [1.82, 2.24) is 0 Å². The van der Waals surface area contributed by atoms with E-state index in [0.717, 1.165) is 12.1 Å². The first-order valence-electron chi connectivity index (χ1n) is 5.35. The van der Waals surface area contributed by atoms with Crippen LogP contribution >= 0.6 is 0 Å². The van der Waals surface area contributed by atoms with Crippen molar-refractivity contribution in [2.75, 3.05) is 0 Å². The minimum atomic E-state index is -6.00. The minimum absolute atomic E-state index is 0.602. The van der Waals surface area contributed by atoms with Crippen molar-refractivity contribution >= 4 is 21.8 Å². The highest BCUT2D eigenvalue weighted by atomic mass is 19.5. The molecule has 0 aromatic heterocycles. The third-order valence-corrected chi connectivity index (χ3v) is 1.10. The van der Waals surface area contributed by atoms with Gasteiger partial charge in [0.05, 0.1) is 5.56 Å². The van der Waals surface area contributed by atoms with Gasteiger partial charge < -0.3 is 51.8 Å². The van der Waals surface area contributed by atoms with Gasteiger partial charge in [-0.3, -0.25) is 0 Å². The monoisotopic (exact) mass is 407 g/mol. The van der Waals surface area contributed by atoms with E-state index in [9.17, 15) is 65.0 Å². The highest BCUT2D eigenvalue weighted by Gasteiger charge is 2.29. The molecule has 18 heteroatoms. The predicted octanol–water partition coefficient (Wildman–Crippen LogP) is 6.61. The molecule has 0 saturated heterocycles.